The fourth-order valence-electron chi connectivity index (χ4n) is 2.30. The van der Waals surface area contributed by atoms with Crippen molar-refractivity contribution >= 4 is 44.7 Å². The van der Waals surface area contributed by atoms with E-state index in [-0.39, 0.29) is 5.56 Å². The lowest BCUT2D eigenvalue weighted by Crippen LogP contribution is -2.10. The first-order valence-corrected chi connectivity index (χ1v) is 9.72. The van der Waals surface area contributed by atoms with Crippen molar-refractivity contribution in [2.75, 3.05) is 0 Å². The number of hydrogen-bond donors (Lipinski definition) is 1. The maximum absolute atomic E-state index is 12.6. The topological polar surface area (TPSA) is 89.3 Å². The third-order valence-electron chi connectivity index (χ3n) is 3.42. The van der Waals surface area contributed by atoms with E-state index in [1.165, 1.54) is 28.0 Å². The van der Waals surface area contributed by atoms with Gasteiger partial charge in [0.1, 0.15) is 10.7 Å². The summed E-state index contributed by atoms with van der Waals surface area (Å²) < 4.78 is 1.59. The molecule has 1 N–H and O–H groups in total. The summed E-state index contributed by atoms with van der Waals surface area (Å²) in [5, 5.41) is 14.6. The van der Waals surface area contributed by atoms with Crippen molar-refractivity contribution in [3.63, 3.8) is 0 Å². The molecule has 24 heavy (non-hydrogen) atoms. The van der Waals surface area contributed by atoms with Crippen molar-refractivity contribution in [3.8, 4) is 10.4 Å². The van der Waals surface area contributed by atoms with Crippen molar-refractivity contribution in [1.29, 1.82) is 0 Å². The zero-order valence-corrected chi connectivity index (χ0v) is 15.3. The monoisotopic (exact) mass is 376 g/mol. The van der Waals surface area contributed by atoms with E-state index >= 15 is 0 Å². The highest BCUT2D eigenvalue weighted by Crippen LogP contribution is 2.35. The molecule has 0 aliphatic rings. The van der Waals surface area contributed by atoms with Crippen LogP contribution in [0.1, 0.15) is 10.7 Å². The molecule has 4 aromatic rings. The number of nitrogens with one attached hydrogen (secondary N) is 1. The van der Waals surface area contributed by atoms with Gasteiger partial charge in [-0.2, -0.15) is 0 Å². The molecule has 0 aliphatic carbocycles. The van der Waals surface area contributed by atoms with Crippen LogP contribution in [0.4, 0.5) is 0 Å². The van der Waals surface area contributed by atoms with Gasteiger partial charge in [-0.25, -0.2) is 9.67 Å². The van der Waals surface area contributed by atoms with Crippen LogP contribution < -0.4 is 5.56 Å². The molecule has 0 fully saturated rings. The van der Waals surface area contributed by atoms with E-state index < -0.39 is 0 Å². The lowest BCUT2D eigenvalue weighted by Gasteiger charge is -2.01. The fraction of sp³-hybridized carbons (Fsp3) is 0.214. The van der Waals surface area contributed by atoms with Crippen molar-refractivity contribution in [2.45, 2.75) is 17.8 Å². The lowest BCUT2D eigenvalue weighted by molar-refractivity contribution is 0.664. The van der Waals surface area contributed by atoms with Gasteiger partial charge in [0.05, 0.1) is 11.1 Å². The number of tetrazole rings is 1. The van der Waals surface area contributed by atoms with Gasteiger partial charge in [0.2, 0.25) is 5.16 Å². The summed E-state index contributed by atoms with van der Waals surface area (Å²) in [6, 6.07) is 4.11. The van der Waals surface area contributed by atoms with Crippen molar-refractivity contribution in [2.24, 2.45) is 7.05 Å². The Morgan fingerprint density at radius 2 is 2.25 bits per heavy atom. The summed E-state index contributed by atoms with van der Waals surface area (Å²) >= 11 is 4.61. The van der Waals surface area contributed by atoms with Crippen LogP contribution in [0.2, 0.25) is 0 Å². The van der Waals surface area contributed by atoms with Gasteiger partial charge in [-0.1, -0.05) is 11.8 Å². The zero-order chi connectivity index (χ0) is 16.7. The molecule has 0 amide bonds. The first kappa shape index (κ1) is 15.5. The minimum absolute atomic E-state index is 0.103. The van der Waals surface area contributed by atoms with Crippen molar-refractivity contribution in [3.05, 3.63) is 38.6 Å². The van der Waals surface area contributed by atoms with Gasteiger partial charge in [0.15, 0.2) is 0 Å². The van der Waals surface area contributed by atoms with Crippen LogP contribution >= 0.6 is 34.4 Å². The minimum atomic E-state index is -0.103. The molecule has 0 spiro atoms. The second-order valence-electron chi connectivity index (χ2n) is 5.13. The number of hydrogen-bond acceptors (Lipinski definition) is 8. The molecular formula is C14H12N6OS3. The Morgan fingerprint density at radius 3 is 2.96 bits per heavy atom. The van der Waals surface area contributed by atoms with E-state index in [1.54, 1.807) is 23.1 Å². The first-order chi connectivity index (χ1) is 11.6. The molecule has 0 aliphatic heterocycles. The van der Waals surface area contributed by atoms with E-state index in [0.29, 0.717) is 22.1 Å². The van der Waals surface area contributed by atoms with E-state index in [9.17, 15) is 4.79 Å². The molecule has 0 saturated heterocycles. The quantitative estimate of drug-likeness (QED) is 0.551. The molecule has 0 unspecified atom stereocenters. The number of nitrogens with zero attached hydrogens (tertiary/aromatic N) is 5. The molecule has 0 bridgehead atoms. The summed E-state index contributed by atoms with van der Waals surface area (Å²) in [7, 11) is 1.77. The normalized spacial score (nSPS) is 11.4. The zero-order valence-electron chi connectivity index (χ0n) is 12.8. The van der Waals surface area contributed by atoms with Gasteiger partial charge < -0.3 is 4.98 Å². The number of aromatic amines is 1. The Kier molecular flexibility index (Phi) is 3.94. The Balaban J connectivity index is 1.68. The molecule has 0 aromatic carbocycles. The molecule has 0 atom stereocenters. The second kappa shape index (κ2) is 6.11. The van der Waals surface area contributed by atoms with Crippen LogP contribution in [0.25, 0.3) is 20.7 Å². The van der Waals surface area contributed by atoms with Crippen LogP contribution in [0.3, 0.4) is 0 Å². The molecule has 4 heterocycles. The average molecular weight is 376 g/mol. The first-order valence-electron chi connectivity index (χ1n) is 7.04. The highest BCUT2D eigenvalue weighted by molar-refractivity contribution is 7.98. The number of aromatic nitrogens is 6. The molecule has 4 aromatic heterocycles. The van der Waals surface area contributed by atoms with Gasteiger partial charge in [-0.3, -0.25) is 4.79 Å². The second-order valence-corrected chi connectivity index (χ2v) is 8.21. The Morgan fingerprint density at radius 1 is 1.38 bits per heavy atom. The Labute approximate surface area is 148 Å². The van der Waals surface area contributed by atoms with Crippen molar-refractivity contribution in [1.82, 2.24) is 30.2 Å². The molecule has 0 radical (unpaired) electrons. The number of thioether (sulfide) groups is 1. The Bertz CT molecular complexity index is 1080. The van der Waals surface area contributed by atoms with E-state index in [4.69, 9.17) is 0 Å². The third kappa shape index (κ3) is 2.76. The maximum atomic E-state index is 12.6. The highest BCUT2D eigenvalue weighted by atomic mass is 32.2. The minimum Gasteiger partial charge on any atom is -0.309 e. The summed E-state index contributed by atoms with van der Waals surface area (Å²) in [6.07, 6.45) is 0. The number of rotatable bonds is 4. The van der Waals surface area contributed by atoms with Crippen LogP contribution in [0.5, 0.6) is 0 Å². The molecule has 4 rings (SSSR count). The largest absolute Gasteiger partial charge is 0.309 e. The lowest BCUT2D eigenvalue weighted by atomic mass is 10.2. The maximum Gasteiger partial charge on any atom is 0.260 e. The van der Waals surface area contributed by atoms with Gasteiger partial charge in [-0.05, 0) is 29.5 Å². The average Bonchev–Trinajstić information content (AvgIpc) is 3.25. The third-order valence-corrected chi connectivity index (χ3v) is 6.35. The summed E-state index contributed by atoms with van der Waals surface area (Å²) in [5.74, 6) is 1.13. The summed E-state index contributed by atoms with van der Waals surface area (Å²) in [4.78, 5) is 23.1. The van der Waals surface area contributed by atoms with Gasteiger partial charge in [0.25, 0.3) is 5.56 Å². The van der Waals surface area contributed by atoms with Gasteiger partial charge in [0, 0.05) is 27.7 Å². The summed E-state index contributed by atoms with van der Waals surface area (Å²) in [6.45, 7) is 2.06. The predicted molar refractivity (Wildman–Crippen MR) is 96.6 cm³/mol. The molecule has 122 valence electrons. The summed E-state index contributed by atoms with van der Waals surface area (Å²) in [5.41, 5.74) is 0.854. The number of aryl methyl sites for hydroxylation is 2. The molecule has 10 heteroatoms. The predicted octanol–water partition coefficient (Wildman–Crippen LogP) is 2.84. The molecule has 0 saturated carbocycles. The van der Waals surface area contributed by atoms with Crippen LogP contribution in [0, 0.1) is 6.92 Å². The van der Waals surface area contributed by atoms with Crippen molar-refractivity contribution < 1.29 is 0 Å². The smallest absolute Gasteiger partial charge is 0.260 e. The molecular weight excluding hydrogens is 364 g/mol. The van der Waals surface area contributed by atoms with Crippen LogP contribution in [0.15, 0.2) is 27.5 Å². The number of fused-ring (bicyclic) bond motifs is 1. The van der Waals surface area contributed by atoms with Crippen LogP contribution in [-0.4, -0.2) is 30.2 Å². The number of H-pyrrole nitrogens is 1. The number of thiophene rings is 2. The van der Waals surface area contributed by atoms with E-state index in [1.807, 2.05) is 11.4 Å². The van der Waals surface area contributed by atoms with Crippen LogP contribution in [-0.2, 0) is 12.8 Å². The standard InChI is InChI=1S/C14H12N6OS3/c1-7-3-4-9(24-7)8-5-22-13-11(8)12(21)15-10(16-13)6-23-14-17-18-19-20(14)2/h3-5H,6H2,1-2H3,(H,15,16,21). The fourth-order valence-corrected chi connectivity index (χ4v) is 4.94. The highest BCUT2D eigenvalue weighted by Gasteiger charge is 2.14. The van der Waals surface area contributed by atoms with Gasteiger partial charge >= 0.3 is 0 Å². The van der Waals surface area contributed by atoms with E-state index in [0.717, 1.165) is 15.3 Å². The molecule has 7 nitrogen and oxygen atoms in total. The van der Waals surface area contributed by atoms with E-state index in [2.05, 4.69) is 38.5 Å². The van der Waals surface area contributed by atoms with Gasteiger partial charge in [-0.15, -0.1) is 27.8 Å². The SMILES string of the molecule is Cc1ccc(-c2csc3nc(CSc4nnnn4C)[nH]c(=O)c23)s1. The Hall–Kier alpha value is -2.04.